The normalized spacial score (nSPS) is 20.3. The molecule has 1 aromatic carbocycles. The quantitative estimate of drug-likeness (QED) is 0.911. The van der Waals surface area contributed by atoms with E-state index in [1.165, 1.54) is 0 Å². The predicted octanol–water partition coefficient (Wildman–Crippen LogP) is 1.54. The van der Waals surface area contributed by atoms with Crippen molar-refractivity contribution in [2.24, 2.45) is 5.73 Å². The standard InChI is InChI=1S/C14H22N2O2S/c1-12(13-5-3-2-4-6-13)11-19(17,18)16-9-7-14(15)8-10-16/h2-6,12,14H,7-11,15H2,1H3. The van der Waals surface area contributed by atoms with Crippen LogP contribution >= 0.6 is 0 Å². The van der Waals surface area contributed by atoms with Crippen LogP contribution in [0.1, 0.15) is 31.2 Å². The molecule has 1 fully saturated rings. The van der Waals surface area contributed by atoms with Crippen LogP contribution in [-0.4, -0.2) is 37.6 Å². The van der Waals surface area contributed by atoms with E-state index in [0.717, 1.165) is 18.4 Å². The first-order valence-corrected chi connectivity index (χ1v) is 8.38. The Balaban J connectivity index is 2.01. The highest BCUT2D eigenvalue weighted by molar-refractivity contribution is 7.89. The molecule has 1 saturated heterocycles. The minimum atomic E-state index is -3.18. The molecule has 1 atom stereocenters. The summed E-state index contributed by atoms with van der Waals surface area (Å²) in [5.74, 6) is 0.188. The zero-order valence-corrected chi connectivity index (χ0v) is 12.1. The third-order valence-corrected chi connectivity index (χ3v) is 5.79. The molecule has 0 aliphatic carbocycles. The Labute approximate surface area is 115 Å². The second-order valence-electron chi connectivity index (χ2n) is 5.33. The van der Waals surface area contributed by atoms with Gasteiger partial charge in [0.1, 0.15) is 0 Å². The van der Waals surface area contributed by atoms with E-state index in [1.807, 2.05) is 37.3 Å². The number of nitrogens with two attached hydrogens (primary N) is 1. The molecule has 1 aromatic rings. The van der Waals surface area contributed by atoms with Crippen molar-refractivity contribution >= 4 is 10.0 Å². The maximum Gasteiger partial charge on any atom is 0.214 e. The molecular formula is C14H22N2O2S. The Morgan fingerprint density at radius 2 is 1.84 bits per heavy atom. The van der Waals surface area contributed by atoms with E-state index < -0.39 is 10.0 Å². The average Bonchev–Trinajstić information content (AvgIpc) is 2.40. The van der Waals surface area contributed by atoms with Crippen molar-refractivity contribution in [1.82, 2.24) is 4.31 Å². The van der Waals surface area contributed by atoms with E-state index in [9.17, 15) is 8.42 Å². The molecule has 19 heavy (non-hydrogen) atoms. The zero-order valence-electron chi connectivity index (χ0n) is 11.3. The van der Waals surface area contributed by atoms with Crippen molar-refractivity contribution in [2.75, 3.05) is 18.8 Å². The summed E-state index contributed by atoms with van der Waals surface area (Å²) >= 11 is 0. The largest absolute Gasteiger partial charge is 0.328 e. The summed E-state index contributed by atoms with van der Waals surface area (Å²) in [4.78, 5) is 0. The molecular weight excluding hydrogens is 260 g/mol. The van der Waals surface area contributed by atoms with Crippen LogP contribution in [-0.2, 0) is 10.0 Å². The van der Waals surface area contributed by atoms with Crippen molar-refractivity contribution in [3.05, 3.63) is 35.9 Å². The van der Waals surface area contributed by atoms with Gasteiger partial charge in [0.15, 0.2) is 0 Å². The van der Waals surface area contributed by atoms with Gasteiger partial charge < -0.3 is 5.73 Å². The van der Waals surface area contributed by atoms with Gasteiger partial charge >= 0.3 is 0 Å². The minimum absolute atomic E-state index is 0.0156. The third-order valence-electron chi connectivity index (χ3n) is 3.72. The lowest BCUT2D eigenvalue weighted by Gasteiger charge is -2.30. The fourth-order valence-electron chi connectivity index (χ4n) is 2.45. The Hall–Kier alpha value is -0.910. The molecule has 0 spiro atoms. The molecule has 4 nitrogen and oxygen atoms in total. The number of benzene rings is 1. The van der Waals surface area contributed by atoms with Crippen LogP contribution in [0.25, 0.3) is 0 Å². The van der Waals surface area contributed by atoms with Gasteiger partial charge in [-0.3, -0.25) is 0 Å². The lowest BCUT2D eigenvalue weighted by atomic mass is 10.0. The van der Waals surface area contributed by atoms with Gasteiger partial charge in [-0.25, -0.2) is 12.7 Å². The molecule has 2 rings (SSSR count). The van der Waals surface area contributed by atoms with Crippen LogP contribution in [0.5, 0.6) is 0 Å². The van der Waals surface area contributed by atoms with Gasteiger partial charge in [-0.05, 0) is 24.3 Å². The first kappa shape index (κ1) is 14.5. The highest BCUT2D eigenvalue weighted by Crippen LogP contribution is 2.21. The van der Waals surface area contributed by atoms with Crippen molar-refractivity contribution < 1.29 is 8.42 Å². The Bertz CT molecular complexity index is 493. The van der Waals surface area contributed by atoms with Crippen LogP contribution in [0.4, 0.5) is 0 Å². The van der Waals surface area contributed by atoms with Gasteiger partial charge in [-0.1, -0.05) is 37.3 Å². The summed E-state index contributed by atoms with van der Waals surface area (Å²) in [6.45, 7) is 3.08. The highest BCUT2D eigenvalue weighted by Gasteiger charge is 2.28. The number of hydrogen-bond donors (Lipinski definition) is 1. The van der Waals surface area contributed by atoms with Gasteiger partial charge in [0.25, 0.3) is 0 Å². The topological polar surface area (TPSA) is 63.4 Å². The second-order valence-corrected chi connectivity index (χ2v) is 7.34. The van der Waals surface area contributed by atoms with Crippen LogP contribution in [0, 0.1) is 0 Å². The number of piperidine rings is 1. The van der Waals surface area contributed by atoms with Gasteiger partial charge in [-0.15, -0.1) is 0 Å². The van der Waals surface area contributed by atoms with E-state index in [1.54, 1.807) is 4.31 Å². The zero-order chi connectivity index (χ0) is 13.9. The van der Waals surface area contributed by atoms with E-state index >= 15 is 0 Å². The van der Waals surface area contributed by atoms with Crippen LogP contribution in [0.15, 0.2) is 30.3 Å². The first-order valence-electron chi connectivity index (χ1n) is 6.77. The van der Waals surface area contributed by atoms with Gasteiger partial charge in [-0.2, -0.15) is 0 Å². The van der Waals surface area contributed by atoms with E-state index in [2.05, 4.69) is 0 Å². The minimum Gasteiger partial charge on any atom is -0.328 e. The van der Waals surface area contributed by atoms with Crippen molar-refractivity contribution in [2.45, 2.75) is 31.7 Å². The van der Waals surface area contributed by atoms with Crippen molar-refractivity contribution in [3.8, 4) is 0 Å². The molecule has 0 radical (unpaired) electrons. The van der Waals surface area contributed by atoms with E-state index in [4.69, 9.17) is 5.73 Å². The lowest BCUT2D eigenvalue weighted by Crippen LogP contribution is -2.44. The molecule has 0 aromatic heterocycles. The Morgan fingerprint density at radius 1 is 1.26 bits per heavy atom. The smallest absolute Gasteiger partial charge is 0.214 e. The second kappa shape index (κ2) is 6.03. The fourth-order valence-corrected chi connectivity index (χ4v) is 4.26. The third kappa shape index (κ3) is 3.78. The SMILES string of the molecule is CC(CS(=O)(=O)N1CCC(N)CC1)c1ccccc1. The monoisotopic (exact) mass is 282 g/mol. The number of hydrogen-bond acceptors (Lipinski definition) is 3. The first-order chi connectivity index (χ1) is 8.99. The molecule has 106 valence electrons. The molecule has 0 amide bonds. The lowest BCUT2D eigenvalue weighted by molar-refractivity contribution is 0.319. The number of nitrogens with zero attached hydrogens (tertiary/aromatic N) is 1. The highest BCUT2D eigenvalue weighted by atomic mass is 32.2. The van der Waals surface area contributed by atoms with Crippen LogP contribution < -0.4 is 5.73 Å². The number of sulfonamides is 1. The average molecular weight is 282 g/mol. The molecule has 0 bridgehead atoms. The van der Waals surface area contributed by atoms with E-state index in [-0.39, 0.29) is 17.7 Å². The van der Waals surface area contributed by atoms with E-state index in [0.29, 0.717) is 13.1 Å². The molecule has 1 unspecified atom stereocenters. The van der Waals surface area contributed by atoms with Crippen LogP contribution in [0.3, 0.4) is 0 Å². The Morgan fingerprint density at radius 3 is 2.42 bits per heavy atom. The van der Waals surface area contributed by atoms with Gasteiger partial charge in [0.2, 0.25) is 10.0 Å². The summed E-state index contributed by atoms with van der Waals surface area (Å²) in [5, 5.41) is 0. The number of rotatable bonds is 4. The summed E-state index contributed by atoms with van der Waals surface area (Å²) < 4.78 is 26.3. The van der Waals surface area contributed by atoms with Crippen molar-refractivity contribution in [1.29, 1.82) is 0 Å². The van der Waals surface area contributed by atoms with Gasteiger partial charge in [0, 0.05) is 19.1 Å². The van der Waals surface area contributed by atoms with Gasteiger partial charge in [0.05, 0.1) is 5.75 Å². The molecule has 1 aliphatic rings. The molecule has 1 aliphatic heterocycles. The fraction of sp³-hybridized carbons (Fsp3) is 0.571. The Kier molecular flexibility index (Phi) is 4.60. The summed E-state index contributed by atoms with van der Waals surface area (Å²) in [6, 6.07) is 9.93. The summed E-state index contributed by atoms with van der Waals surface area (Å²) in [7, 11) is -3.18. The van der Waals surface area contributed by atoms with Crippen molar-refractivity contribution in [3.63, 3.8) is 0 Å². The van der Waals surface area contributed by atoms with Crippen LogP contribution in [0.2, 0.25) is 0 Å². The molecule has 5 heteroatoms. The predicted molar refractivity (Wildman–Crippen MR) is 77.4 cm³/mol. The summed E-state index contributed by atoms with van der Waals surface area (Å²) in [6.07, 6.45) is 1.53. The molecule has 0 saturated carbocycles. The molecule has 2 N–H and O–H groups in total. The maximum atomic E-state index is 12.4. The molecule has 1 heterocycles. The summed E-state index contributed by atoms with van der Waals surface area (Å²) in [5.41, 5.74) is 6.88. The maximum absolute atomic E-state index is 12.4.